The van der Waals surface area contributed by atoms with E-state index < -0.39 is 0 Å². The third-order valence-corrected chi connectivity index (χ3v) is 3.95. The fraction of sp³-hybridized carbons (Fsp3) is 0.143. The number of hydrogen-bond acceptors (Lipinski definition) is 5. The van der Waals surface area contributed by atoms with E-state index in [1.165, 1.54) is 0 Å². The molecule has 28 heavy (non-hydrogen) atoms. The molecule has 0 bridgehead atoms. The highest BCUT2D eigenvalue weighted by atomic mass is 16.5. The van der Waals surface area contributed by atoms with Crippen LogP contribution in [0.3, 0.4) is 0 Å². The fourth-order valence-electron chi connectivity index (χ4n) is 2.61. The molecule has 1 heterocycles. The molecule has 7 heteroatoms. The van der Waals surface area contributed by atoms with Crippen LogP contribution in [0.4, 0.5) is 10.5 Å². The number of fused-ring (bicyclic) bond motifs is 1. The van der Waals surface area contributed by atoms with Gasteiger partial charge in [-0.1, -0.05) is 6.08 Å². The smallest absolute Gasteiger partial charge is 0.319 e. The van der Waals surface area contributed by atoms with Crippen molar-refractivity contribution in [3.8, 4) is 23.0 Å². The van der Waals surface area contributed by atoms with E-state index in [4.69, 9.17) is 14.2 Å². The summed E-state index contributed by atoms with van der Waals surface area (Å²) < 4.78 is 16.7. The van der Waals surface area contributed by atoms with E-state index in [1.807, 2.05) is 6.07 Å². The van der Waals surface area contributed by atoms with Crippen LogP contribution in [-0.4, -0.2) is 31.8 Å². The Hall–Kier alpha value is -3.74. The minimum Gasteiger partial charge on any atom is -0.493 e. The van der Waals surface area contributed by atoms with Crippen LogP contribution < -0.4 is 24.8 Å². The number of anilines is 1. The van der Waals surface area contributed by atoms with Gasteiger partial charge in [0.05, 0.1) is 19.7 Å². The monoisotopic (exact) mass is 379 g/mol. The molecule has 2 amide bonds. The van der Waals surface area contributed by atoms with E-state index in [-0.39, 0.29) is 6.03 Å². The zero-order valence-electron chi connectivity index (χ0n) is 15.7. The van der Waals surface area contributed by atoms with Gasteiger partial charge < -0.3 is 24.8 Å². The van der Waals surface area contributed by atoms with Gasteiger partial charge in [-0.05, 0) is 36.4 Å². The summed E-state index contributed by atoms with van der Waals surface area (Å²) in [5.41, 5.74) is 1.38. The lowest BCUT2D eigenvalue weighted by atomic mass is 10.2. The number of hydrogen-bond donors (Lipinski definition) is 2. The zero-order valence-corrected chi connectivity index (χ0v) is 15.7. The van der Waals surface area contributed by atoms with E-state index >= 15 is 0 Å². The molecule has 0 radical (unpaired) electrons. The maximum absolute atomic E-state index is 11.7. The number of rotatable bonds is 7. The predicted octanol–water partition coefficient (Wildman–Crippen LogP) is 4.35. The lowest BCUT2D eigenvalue weighted by Crippen LogP contribution is -2.28. The van der Waals surface area contributed by atoms with Crippen molar-refractivity contribution in [1.82, 2.24) is 10.3 Å². The highest BCUT2D eigenvalue weighted by Crippen LogP contribution is 2.36. The summed E-state index contributed by atoms with van der Waals surface area (Å²) in [4.78, 5) is 16.0. The lowest BCUT2D eigenvalue weighted by molar-refractivity contribution is 0.253. The van der Waals surface area contributed by atoms with Gasteiger partial charge in [0.25, 0.3) is 0 Å². The van der Waals surface area contributed by atoms with Crippen LogP contribution >= 0.6 is 0 Å². The first-order valence-electron chi connectivity index (χ1n) is 8.59. The number of aromatic nitrogens is 1. The molecule has 0 aliphatic rings. The van der Waals surface area contributed by atoms with Crippen LogP contribution in [0, 0.1) is 0 Å². The van der Waals surface area contributed by atoms with E-state index in [0.29, 0.717) is 35.2 Å². The van der Waals surface area contributed by atoms with Gasteiger partial charge in [-0.3, -0.25) is 4.98 Å². The molecule has 1 aromatic heterocycles. The van der Waals surface area contributed by atoms with E-state index in [1.54, 1.807) is 62.9 Å². The first-order valence-corrected chi connectivity index (χ1v) is 8.59. The molecule has 144 valence electrons. The second-order valence-corrected chi connectivity index (χ2v) is 5.78. The Morgan fingerprint density at radius 3 is 2.46 bits per heavy atom. The summed E-state index contributed by atoms with van der Waals surface area (Å²) in [6.07, 6.45) is 3.28. The van der Waals surface area contributed by atoms with E-state index in [2.05, 4.69) is 22.2 Å². The van der Waals surface area contributed by atoms with Crippen molar-refractivity contribution < 1.29 is 19.0 Å². The molecule has 0 spiro atoms. The van der Waals surface area contributed by atoms with Crippen LogP contribution in [-0.2, 0) is 0 Å². The molecule has 3 aromatic rings. The second kappa shape index (κ2) is 8.77. The van der Waals surface area contributed by atoms with Crippen molar-refractivity contribution >= 4 is 22.6 Å². The molecule has 2 aromatic carbocycles. The van der Waals surface area contributed by atoms with E-state index in [9.17, 15) is 4.79 Å². The summed E-state index contributed by atoms with van der Waals surface area (Å²) >= 11 is 0. The average molecular weight is 379 g/mol. The summed E-state index contributed by atoms with van der Waals surface area (Å²) in [6.45, 7) is 3.95. The minimum atomic E-state index is -0.297. The number of carbonyl (C=O) groups excluding carboxylic acids is 1. The Balaban J connectivity index is 1.80. The van der Waals surface area contributed by atoms with Crippen LogP contribution in [0.2, 0.25) is 0 Å². The molecule has 0 aliphatic carbocycles. The van der Waals surface area contributed by atoms with Crippen molar-refractivity contribution in [2.24, 2.45) is 0 Å². The van der Waals surface area contributed by atoms with Crippen molar-refractivity contribution in [1.29, 1.82) is 0 Å². The number of nitrogens with one attached hydrogen (secondary N) is 2. The quantitative estimate of drug-likeness (QED) is 0.597. The molecular formula is C21H21N3O4. The second-order valence-electron chi connectivity index (χ2n) is 5.78. The maximum atomic E-state index is 11.7. The molecular weight excluding hydrogens is 358 g/mol. The fourth-order valence-corrected chi connectivity index (χ4v) is 2.61. The largest absolute Gasteiger partial charge is 0.493 e. The first kappa shape index (κ1) is 19.0. The number of nitrogens with zero attached hydrogens (tertiary/aromatic N) is 1. The molecule has 0 unspecified atom stereocenters. The lowest BCUT2D eigenvalue weighted by Gasteiger charge is -2.12. The Morgan fingerprint density at radius 1 is 1.07 bits per heavy atom. The van der Waals surface area contributed by atoms with Crippen molar-refractivity contribution in [2.45, 2.75) is 0 Å². The van der Waals surface area contributed by atoms with Crippen LogP contribution in [0.25, 0.3) is 10.9 Å². The van der Waals surface area contributed by atoms with Gasteiger partial charge in [0, 0.05) is 29.9 Å². The Labute approximate surface area is 162 Å². The molecule has 7 nitrogen and oxygen atoms in total. The summed E-state index contributed by atoms with van der Waals surface area (Å²) in [7, 11) is 3.16. The SMILES string of the molecule is C=CCNC(=O)Nc1ccc(Oc2ccnc3cc(OC)c(OC)cc23)cc1. The van der Waals surface area contributed by atoms with Crippen molar-refractivity contribution in [3.05, 3.63) is 61.3 Å². The van der Waals surface area contributed by atoms with Crippen LogP contribution in [0.1, 0.15) is 0 Å². The predicted molar refractivity (Wildman–Crippen MR) is 109 cm³/mol. The van der Waals surface area contributed by atoms with E-state index in [0.717, 1.165) is 10.9 Å². The molecule has 0 atom stereocenters. The normalized spacial score (nSPS) is 10.2. The highest BCUT2D eigenvalue weighted by Gasteiger charge is 2.11. The third-order valence-electron chi connectivity index (χ3n) is 3.95. The average Bonchev–Trinajstić information content (AvgIpc) is 2.72. The highest BCUT2D eigenvalue weighted by molar-refractivity contribution is 5.90. The standard InChI is InChI=1S/C21H21N3O4/c1-4-10-23-21(25)24-14-5-7-15(8-6-14)28-18-9-11-22-17-13-20(27-3)19(26-2)12-16(17)18/h4-9,11-13H,1,10H2,2-3H3,(H2,23,24,25). The van der Waals surface area contributed by atoms with Crippen molar-refractivity contribution in [2.75, 3.05) is 26.1 Å². The topological polar surface area (TPSA) is 81.7 Å². The number of ether oxygens (including phenoxy) is 3. The number of methoxy groups -OCH3 is 2. The Kier molecular flexibility index (Phi) is 5.96. The van der Waals surface area contributed by atoms with Gasteiger partial charge in [0.2, 0.25) is 0 Å². The third kappa shape index (κ3) is 4.32. The maximum Gasteiger partial charge on any atom is 0.319 e. The molecule has 2 N–H and O–H groups in total. The molecule has 0 saturated heterocycles. The van der Waals surface area contributed by atoms with Crippen LogP contribution in [0.15, 0.2) is 61.3 Å². The molecule has 3 rings (SSSR count). The number of benzene rings is 2. The summed E-state index contributed by atoms with van der Waals surface area (Å²) in [6, 6.07) is 12.2. The number of pyridine rings is 1. The van der Waals surface area contributed by atoms with Gasteiger partial charge in [0.15, 0.2) is 11.5 Å². The number of carbonyl (C=O) groups is 1. The van der Waals surface area contributed by atoms with Gasteiger partial charge in [0.1, 0.15) is 11.5 Å². The number of amides is 2. The van der Waals surface area contributed by atoms with Gasteiger partial charge in [-0.15, -0.1) is 6.58 Å². The van der Waals surface area contributed by atoms with Gasteiger partial charge in [-0.2, -0.15) is 0 Å². The minimum absolute atomic E-state index is 0.297. The zero-order chi connectivity index (χ0) is 19.9. The Bertz CT molecular complexity index is 987. The first-order chi connectivity index (χ1) is 13.6. The summed E-state index contributed by atoms with van der Waals surface area (Å²) in [5, 5.41) is 6.18. The van der Waals surface area contributed by atoms with Crippen LogP contribution in [0.5, 0.6) is 23.0 Å². The molecule has 0 fully saturated rings. The molecule has 0 saturated carbocycles. The van der Waals surface area contributed by atoms with Gasteiger partial charge in [-0.25, -0.2) is 4.79 Å². The molecule has 0 aliphatic heterocycles. The summed E-state index contributed by atoms with van der Waals surface area (Å²) in [5.74, 6) is 2.46. The van der Waals surface area contributed by atoms with Gasteiger partial charge >= 0.3 is 6.03 Å². The van der Waals surface area contributed by atoms with Crippen molar-refractivity contribution in [3.63, 3.8) is 0 Å². The number of urea groups is 1. The Morgan fingerprint density at radius 2 is 1.79 bits per heavy atom.